The van der Waals surface area contributed by atoms with Crippen molar-refractivity contribution in [2.75, 3.05) is 24.7 Å². The first kappa shape index (κ1) is 25.1. The van der Waals surface area contributed by atoms with Crippen molar-refractivity contribution >= 4 is 28.7 Å². The summed E-state index contributed by atoms with van der Waals surface area (Å²) in [5.41, 5.74) is 2.91. The first-order valence-corrected chi connectivity index (χ1v) is 13.8. The molecule has 0 spiro atoms. The van der Waals surface area contributed by atoms with Gasteiger partial charge in [-0.05, 0) is 43.2 Å². The maximum Gasteiger partial charge on any atom is 0.434 e. The molecule has 4 aromatic rings. The summed E-state index contributed by atoms with van der Waals surface area (Å²) in [5, 5.41) is 6.88. The van der Waals surface area contributed by atoms with E-state index >= 15 is 0 Å². The van der Waals surface area contributed by atoms with Crippen LogP contribution in [-0.4, -0.2) is 55.5 Å². The Bertz CT molecular complexity index is 1490. The minimum atomic E-state index is -0.662. The number of nitrogens with zero attached hydrogens (tertiary/aromatic N) is 6. The van der Waals surface area contributed by atoms with Gasteiger partial charge in [-0.3, -0.25) is 0 Å². The molecule has 3 aromatic heterocycles. The lowest BCUT2D eigenvalue weighted by atomic mass is 9.83. The number of aromatic amines is 1. The third-order valence-corrected chi connectivity index (χ3v) is 8.08. The van der Waals surface area contributed by atoms with E-state index in [-0.39, 0.29) is 17.8 Å². The molecule has 10 nitrogen and oxygen atoms in total. The van der Waals surface area contributed by atoms with Gasteiger partial charge in [0.2, 0.25) is 11.8 Å². The van der Waals surface area contributed by atoms with Gasteiger partial charge in [0.05, 0.1) is 19.3 Å². The minimum Gasteiger partial charge on any atom is -0.384 e. The van der Waals surface area contributed by atoms with Crippen molar-refractivity contribution in [1.82, 2.24) is 29.7 Å². The molecule has 0 radical (unpaired) electrons. The van der Waals surface area contributed by atoms with Crippen LogP contribution in [-0.2, 0) is 11.3 Å². The average Bonchev–Trinajstić information content (AvgIpc) is 3.53. The molecular formula is C27H32ClN7O3. The van der Waals surface area contributed by atoms with Crippen LogP contribution in [0.2, 0.25) is 5.02 Å². The number of morpholine rings is 1. The van der Waals surface area contributed by atoms with Crippen molar-refractivity contribution in [2.45, 2.75) is 58.5 Å². The Morgan fingerprint density at radius 3 is 2.74 bits per heavy atom. The quantitative estimate of drug-likeness (QED) is 0.368. The molecule has 1 aliphatic heterocycles. The molecule has 2 aliphatic rings. The van der Waals surface area contributed by atoms with E-state index in [0.29, 0.717) is 35.5 Å². The van der Waals surface area contributed by atoms with Gasteiger partial charge in [0, 0.05) is 23.7 Å². The fraction of sp³-hybridized carbons (Fsp3) is 0.519. The lowest BCUT2D eigenvalue weighted by Crippen LogP contribution is -2.46. The Hall–Kier alpha value is -3.24. The lowest BCUT2D eigenvalue weighted by molar-refractivity contribution is 0.0916. The van der Waals surface area contributed by atoms with Gasteiger partial charge in [0.15, 0.2) is 5.65 Å². The third-order valence-electron chi connectivity index (χ3n) is 7.84. The van der Waals surface area contributed by atoms with Gasteiger partial charge in [-0.15, -0.1) is 5.10 Å². The molecule has 6 rings (SSSR count). The summed E-state index contributed by atoms with van der Waals surface area (Å²) in [5.74, 6) is 1.75. The van der Waals surface area contributed by atoms with Crippen molar-refractivity contribution in [2.24, 2.45) is 11.8 Å². The molecule has 1 saturated heterocycles. The number of imidazole rings is 1. The molecule has 1 aromatic carbocycles. The summed E-state index contributed by atoms with van der Waals surface area (Å²) in [6.07, 6.45) is 5.79. The highest BCUT2D eigenvalue weighted by Crippen LogP contribution is 2.37. The van der Waals surface area contributed by atoms with E-state index in [9.17, 15) is 4.79 Å². The van der Waals surface area contributed by atoms with Crippen LogP contribution in [0.15, 0.2) is 33.5 Å². The smallest absolute Gasteiger partial charge is 0.384 e. The van der Waals surface area contributed by atoms with Crippen LogP contribution in [0.1, 0.15) is 46.0 Å². The van der Waals surface area contributed by atoms with Crippen LogP contribution in [0.4, 0.5) is 5.95 Å². The van der Waals surface area contributed by atoms with Gasteiger partial charge in [-0.2, -0.15) is 4.98 Å². The molecule has 11 heteroatoms. The number of nitrogens with one attached hydrogen (secondary N) is 1. The summed E-state index contributed by atoms with van der Waals surface area (Å²) in [4.78, 5) is 28.8. The topological polar surface area (TPSA) is 115 Å². The molecule has 38 heavy (non-hydrogen) atoms. The number of rotatable bonds is 6. The predicted molar refractivity (Wildman–Crippen MR) is 145 cm³/mol. The first-order valence-electron chi connectivity index (χ1n) is 13.4. The van der Waals surface area contributed by atoms with E-state index in [1.54, 1.807) is 0 Å². The fourth-order valence-electron chi connectivity index (χ4n) is 5.70. The summed E-state index contributed by atoms with van der Waals surface area (Å²) in [7, 11) is 0. The monoisotopic (exact) mass is 537 g/mol. The normalized spacial score (nSPS) is 22.3. The van der Waals surface area contributed by atoms with Gasteiger partial charge in [-0.1, -0.05) is 50.4 Å². The number of benzene rings is 1. The summed E-state index contributed by atoms with van der Waals surface area (Å²) < 4.78 is 13.3. The molecule has 4 heterocycles. The van der Waals surface area contributed by atoms with Crippen molar-refractivity contribution < 1.29 is 9.15 Å². The Morgan fingerprint density at radius 2 is 2.00 bits per heavy atom. The van der Waals surface area contributed by atoms with Gasteiger partial charge in [-0.25, -0.2) is 19.9 Å². The average molecular weight is 538 g/mol. The number of halogens is 1. The number of hydrogen-bond acceptors (Lipinski definition) is 8. The van der Waals surface area contributed by atoms with E-state index in [2.05, 4.69) is 33.5 Å². The highest BCUT2D eigenvalue weighted by Gasteiger charge is 2.31. The Labute approximate surface area is 225 Å². The zero-order valence-corrected chi connectivity index (χ0v) is 22.4. The number of fused-ring (bicyclic) bond motifs is 1. The van der Waals surface area contributed by atoms with E-state index in [4.69, 9.17) is 35.7 Å². The molecule has 1 aliphatic carbocycles. The Kier molecular flexibility index (Phi) is 6.92. The molecular weight excluding hydrogens is 506 g/mol. The van der Waals surface area contributed by atoms with Crippen LogP contribution in [0.5, 0.6) is 0 Å². The molecule has 1 N–H and O–H groups in total. The number of aromatic nitrogens is 6. The molecule has 2 fully saturated rings. The van der Waals surface area contributed by atoms with Crippen molar-refractivity contribution in [3.63, 3.8) is 0 Å². The highest BCUT2D eigenvalue weighted by molar-refractivity contribution is 6.30. The maximum absolute atomic E-state index is 11.7. The van der Waals surface area contributed by atoms with Gasteiger partial charge in [0.25, 0.3) is 5.89 Å². The second-order valence-electron chi connectivity index (χ2n) is 10.5. The molecule has 0 unspecified atom stereocenters. The van der Waals surface area contributed by atoms with E-state index in [1.807, 2.05) is 24.3 Å². The van der Waals surface area contributed by atoms with Crippen LogP contribution < -0.4 is 10.7 Å². The van der Waals surface area contributed by atoms with Gasteiger partial charge < -0.3 is 18.6 Å². The Morgan fingerprint density at radius 1 is 1.16 bits per heavy atom. The minimum absolute atomic E-state index is 0.0235. The number of H-pyrrole nitrogens is 1. The second kappa shape index (κ2) is 10.5. The van der Waals surface area contributed by atoms with Crippen molar-refractivity contribution in [3.05, 3.63) is 39.8 Å². The van der Waals surface area contributed by atoms with Crippen LogP contribution >= 0.6 is 11.6 Å². The lowest BCUT2D eigenvalue weighted by Gasteiger charge is -2.37. The summed E-state index contributed by atoms with van der Waals surface area (Å²) in [6, 6.07) is 7.82. The SMILES string of the molecule is CC[C@@H]1COCCN1c1nc2nc(-c3n[nH]c(=O)o3)nc(-c3cccc(Cl)c3)c2n1CC1CCC(C)CC1. The number of hydrogen-bond donors (Lipinski definition) is 1. The van der Waals surface area contributed by atoms with Crippen molar-refractivity contribution in [1.29, 1.82) is 0 Å². The van der Waals surface area contributed by atoms with Crippen LogP contribution in [0, 0.1) is 11.8 Å². The molecule has 0 bridgehead atoms. The largest absolute Gasteiger partial charge is 0.434 e. The molecule has 0 amide bonds. The zero-order valence-electron chi connectivity index (χ0n) is 21.7. The number of ether oxygens (including phenoxy) is 1. The molecule has 200 valence electrons. The summed E-state index contributed by atoms with van der Waals surface area (Å²) >= 11 is 6.41. The zero-order chi connectivity index (χ0) is 26.2. The standard InChI is InChI=1S/C27H32ClN7O3/c1-3-20-15-37-12-11-34(20)26-31-23-22(35(26)14-17-9-7-16(2)8-10-17)21(18-5-4-6-19(28)13-18)29-24(30-23)25-32-33-27(36)38-25/h4-6,13,16-17,20H,3,7-12,14-15H2,1-2H3,(H,33,36)/t16?,17?,20-/m1/s1. The molecule has 1 atom stereocenters. The van der Waals surface area contributed by atoms with Gasteiger partial charge in [0.1, 0.15) is 11.2 Å². The first-order chi connectivity index (χ1) is 18.5. The second-order valence-corrected chi connectivity index (χ2v) is 10.9. The molecule has 1 saturated carbocycles. The maximum atomic E-state index is 11.7. The highest BCUT2D eigenvalue weighted by atomic mass is 35.5. The fourth-order valence-corrected chi connectivity index (χ4v) is 5.89. The van der Waals surface area contributed by atoms with Gasteiger partial charge >= 0.3 is 5.76 Å². The van der Waals surface area contributed by atoms with E-state index < -0.39 is 5.76 Å². The predicted octanol–water partition coefficient (Wildman–Crippen LogP) is 4.93. The third kappa shape index (κ3) is 4.82. The van der Waals surface area contributed by atoms with E-state index in [0.717, 1.165) is 42.5 Å². The van der Waals surface area contributed by atoms with Crippen molar-refractivity contribution in [3.8, 4) is 23.0 Å². The van der Waals surface area contributed by atoms with Crippen LogP contribution in [0.3, 0.4) is 0 Å². The number of anilines is 1. The summed E-state index contributed by atoms with van der Waals surface area (Å²) in [6.45, 7) is 7.42. The Balaban J connectivity index is 1.58. The van der Waals surface area contributed by atoms with Crippen LogP contribution in [0.25, 0.3) is 34.1 Å². The van der Waals surface area contributed by atoms with E-state index in [1.165, 1.54) is 25.7 Å².